The Bertz CT molecular complexity index is 517. The third kappa shape index (κ3) is 2.88. The van der Waals surface area contributed by atoms with Crippen molar-refractivity contribution in [1.82, 2.24) is 5.32 Å². The lowest BCUT2D eigenvalue weighted by atomic mass is 9.90. The van der Waals surface area contributed by atoms with Crippen LogP contribution < -0.4 is 11.1 Å². The van der Waals surface area contributed by atoms with Crippen LogP contribution in [0.3, 0.4) is 0 Å². The Morgan fingerprint density at radius 3 is 2.55 bits per heavy atom. The number of aliphatic hydroxyl groups is 1. The quantitative estimate of drug-likeness (QED) is 0.718. The van der Waals surface area contributed by atoms with E-state index in [1.807, 2.05) is 0 Å². The van der Waals surface area contributed by atoms with Crippen LogP contribution in [0.25, 0.3) is 0 Å². The average Bonchev–Trinajstić information content (AvgIpc) is 2.43. The first kappa shape index (κ1) is 14.7. The fraction of sp³-hybridized carbons (Fsp3) is 0.462. The molecule has 7 heteroatoms. The van der Waals surface area contributed by atoms with Crippen molar-refractivity contribution in [3.05, 3.63) is 29.3 Å². The predicted octanol–water partition coefficient (Wildman–Crippen LogP) is 0.818. The summed E-state index contributed by atoms with van der Waals surface area (Å²) in [6.45, 7) is 0.563. The first-order chi connectivity index (χ1) is 9.47. The SMILES string of the molecule is Nc1cc(F)c(F)cc1C(=O)NC1(CO)CCOCC1. The molecule has 1 aromatic rings. The maximum absolute atomic E-state index is 13.2. The number of carbonyl (C=O) groups is 1. The van der Waals surface area contributed by atoms with Crippen LogP contribution in [0.15, 0.2) is 12.1 Å². The summed E-state index contributed by atoms with van der Waals surface area (Å²) < 4.78 is 31.4. The van der Waals surface area contributed by atoms with Crippen LogP contribution in [0, 0.1) is 11.6 Å². The molecule has 4 N–H and O–H groups in total. The maximum Gasteiger partial charge on any atom is 0.253 e. The first-order valence-corrected chi connectivity index (χ1v) is 6.23. The molecule has 1 aliphatic heterocycles. The number of rotatable bonds is 3. The molecule has 1 fully saturated rings. The normalized spacial score (nSPS) is 17.8. The lowest BCUT2D eigenvalue weighted by molar-refractivity contribution is 0.0125. The second kappa shape index (κ2) is 5.72. The van der Waals surface area contributed by atoms with E-state index in [1.54, 1.807) is 0 Å². The van der Waals surface area contributed by atoms with Crippen LogP contribution >= 0.6 is 0 Å². The molecule has 1 aliphatic rings. The van der Waals surface area contributed by atoms with Crippen molar-refractivity contribution in [2.75, 3.05) is 25.6 Å². The summed E-state index contributed by atoms with van der Waals surface area (Å²) in [5.74, 6) is -2.89. The third-order valence-electron chi connectivity index (χ3n) is 3.47. The number of carbonyl (C=O) groups excluding carboxylic acids is 1. The summed E-state index contributed by atoms with van der Waals surface area (Å²) in [7, 11) is 0. The van der Waals surface area contributed by atoms with Gasteiger partial charge < -0.3 is 20.9 Å². The lowest BCUT2D eigenvalue weighted by Gasteiger charge is -2.36. The molecule has 0 saturated carbocycles. The highest BCUT2D eigenvalue weighted by atomic mass is 19.2. The molecule has 0 unspecified atom stereocenters. The number of benzene rings is 1. The van der Waals surface area contributed by atoms with Gasteiger partial charge in [0, 0.05) is 25.0 Å². The molecule has 20 heavy (non-hydrogen) atoms. The van der Waals surface area contributed by atoms with Crippen molar-refractivity contribution >= 4 is 11.6 Å². The number of nitrogens with two attached hydrogens (primary N) is 1. The van der Waals surface area contributed by atoms with E-state index in [9.17, 15) is 18.7 Å². The summed E-state index contributed by atoms with van der Waals surface area (Å²) in [6.07, 6.45) is 0.887. The van der Waals surface area contributed by atoms with Crippen LogP contribution in [-0.4, -0.2) is 36.4 Å². The van der Waals surface area contributed by atoms with Crippen LogP contribution in [0.1, 0.15) is 23.2 Å². The molecule has 110 valence electrons. The van der Waals surface area contributed by atoms with Gasteiger partial charge >= 0.3 is 0 Å². The van der Waals surface area contributed by atoms with Gasteiger partial charge in [-0.25, -0.2) is 8.78 Å². The number of hydrogen-bond donors (Lipinski definition) is 3. The maximum atomic E-state index is 13.2. The molecule has 0 aromatic heterocycles. The number of amides is 1. The first-order valence-electron chi connectivity index (χ1n) is 6.23. The average molecular weight is 286 g/mol. The van der Waals surface area contributed by atoms with Crippen LogP contribution in [0.4, 0.5) is 14.5 Å². The summed E-state index contributed by atoms with van der Waals surface area (Å²) in [5.41, 5.74) is 4.41. The van der Waals surface area contributed by atoms with Crippen LogP contribution in [-0.2, 0) is 4.74 Å². The Balaban J connectivity index is 2.21. The van der Waals surface area contributed by atoms with Gasteiger partial charge in [0.15, 0.2) is 11.6 Å². The predicted molar refractivity (Wildman–Crippen MR) is 68.1 cm³/mol. The summed E-state index contributed by atoms with van der Waals surface area (Å²) in [6, 6.07) is 1.52. The third-order valence-corrected chi connectivity index (χ3v) is 3.47. The van der Waals surface area contributed by atoms with E-state index in [4.69, 9.17) is 10.5 Å². The number of ether oxygens (including phenoxy) is 1. The second-order valence-corrected chi connectivity index (χ2v) is 4.86. The highest BCUT2D eigenvalue weighted by Gasteiger charge is 2.34. The van der Waals surface area contributed by atoms with E-state index in [2.05, 4.69) is 5.32 Å². The highest BCUT2D eigenvalue weighted by molar-refractivity contribution is 5.99. The number of aliphatic hydroxyl groups excluding tert-OH is 1. The summed E-state index contributed by atoms with van der Waals surface area (Å²) >= 11 is 0. The van der Waals surface area contributed by atoms with E-state index in [-0.39, 0.29) is 17.9 Å². The molecule has 5 nitrogen and oxygen atoms in total. The number of anilines is 1. The molecule has 0 bridgehead atoms. The monoisotopic (exact) mass is 286 g/mol. The zero-order valence-electron chi connectivity index (χ0n) is 10.8. The molecule has 0 radical (unpaired) electrons. The van der Waals surface area contributed by atoms with Crippen molar-refractivity contribution < 1.29 is 23.4 Å². The van der Waals surface area contributed by atoms with Crippen molar-refractivity contribution in [3.63, 3.8) is 0 Å². The summed E-state index contributed by atoms with van der Waals surface area (Å²) in [5, 5.41) is 12.1. The Hall–Kier alpha value is -1.73. The minimum absolute atomic E-state index is 0.150. The molecular formula is C13H16F2N2O3. The standard InChI is InChI=1S/C13H16F2N2O3/c14-9-5-8(11(16)6-10(9)15)12(19)17-13(7-18)1-3-20-4-2-13/h5-6,18H,1-4,7,16H2,(H,17,19). The van der Waals surface area contributed by atoms with Gasteiger partial charge in [-0.2, -0.15) is 0 Å². The molecule has 1 aromatic carbocycles. The highest BCUT2D eigenvalue weighted by Crippen LogP contribution is 2.23. The number of hydrogen-bond acceptors (Lipinski definition) is 4. The zero-order valence-corrected chi connectivity index (χ0v) is 10.8. The van der Waals surface area contributed by atoms with Crippen molar-refractivity contribution in [2.24, 2.45) is 0 Å². The van der Waals surface area contributed by atoms with Gasteiger partial charge in [-0.3, -0.25) is 4.79 Å². The fourth-order valence-corrected chi connectivity index (χ4v) is 2.15. The van der Waals surface area contributed by atoms with Crippen LogP contribution in [0.5, 0.6) is 0 Å². The van der Waals surface area contributed by atoms with E-state index >= 15 is 0 Å². The van der Waals surface area contributed by atoms with Gasteiger partial charge in [0.05, 0.1) is 17.7 Å². The van der Waals surface area contributed by atoms with Crippen molar-refractivity contribution in [3.8, 4) is 0 Å². The smallest absolute Gasteiger partial charge is 0.253 e. The molecular weight excluding hydrogens is 270 g/mol. The van der Waals surface area contributed by atoms with Gasteiger partial charge in [-0.15, -0.1) is 0 Å². The Kier molecular flexibility index (Phi) is 4.20. The molecule has 2 rings (SSSR count). The van der Waals surface area contributed by atoms with Gasteiger partial charge in [-0.05, 0) is 18.9 Å². The Morgan fingerprint density at radius 2 is 1.95 bits per heavy atom. The van der Waals surface area contributed by atoms with Gasteiger partial charge in [0.2, 0.25) is 0 Å². The lowest BCUT2D eigenvalue weighted by Crippen LogP contribution is -2.54. The van der Waals surface area contributed by atoms with Crippen LogP contribution in [0.2, 0.25) is 0 Å². The zero-order chi connectivity index (χ0) is 14.8. The molecule has 1 heterocycles. The molecule has 1 saturated heterocycles. The van der Waals surface area contributed by atoms with Gasteiger partial charge in [0.1, 0.15) is 0 Å². The van der Waals surface area contributed by atoms with Crippen molar-refractivity contribution in [1.29, 1.82) is 0 Å². The fourth-order valence-electron chi connectivity index (χ4n) is 2.15. The number of nitrogens with one attached hydrogen (secondary N) is 1. The molecule has 1 amide bonds. The van der Waals surface area contributed by atoms with E-state index in [0.29, 0.717) is 26.1 Å². The minimum Gasteiger partial charge on any atom is -0.398 e. The molecule has 0 spiro atoms. The van der Waals surface area contributed by atoms with Gasteiger partial charge in [0.25, 0.3) is 5.91 Å². The number of nitrogen functional groups attached to an aromatic ring is 1. The van der Waals surface area contributed by atoms with Crippen molar-refractivity contribution in [2.45, 2.75) is 18.4 Å². The van der Waals surface area contributed by atoms with E-state index < -0.39 is 23.1 Å². The Labute approximate surface area is 114 Å². The van der Waals surface area contributed by atoms with E-state index in [1.165, 1.54) is 0 Å². The minimum atomic E-state index is -1.14. The van der Waals surface area contributed by atoms with Gasteiger partial charge in [-0.1, -0.05) is 0 Å². The second-order valence-electron chi connectivity index (χ2n) is 4.86. The largest absolute Gasteiger partial charge is 0.398 e. The Morgan fingerprint density at radius 1 is 1.35 bits per heavy atom. The number of halogens is 2. The molecule has 0 atom stereocenters. The topological polar surface area (TPSA) is 84.6 Å². The van der Waals surface area contributed by atoms with E-state index in [0.717, 1.165) is 12.1 Å². The summed E-state index contributed by atoms with van der Waals surface area (Å²) in [4.78, 5) is 12.1. The molecule has 0 aliphatic carbocycles.